The van der Waals surface area contributed by atoms with E-state index in [0.29, 0.717) is 6.42 Å². The maximum Gasteiger partial charge on any atom is 0.311 e. The fourth-order valence-electron chi connectivity index (χ4n) is 3.89. The smallest absolute Gasteiger partial charge is 0.311 e. The molecule has 0 aromatic carbocycles. The zero-order chi connectivity index (χ0) is 14.7. The third kappa shape index (κ3) is 2.40. The maximum absolute atomic E-state index is 11.8. The van der Waals surface area contributed by atoms with Crippen LogP contribution in [0.1, 0.15) is 40.5 Å². The van der Waals surface area contributed by atoms with Crippen LogP contribution in [-0.2, 0) is 19.4 Å². The third-order valence-corrected chi connectivity index (χ3v) is 6.28. The molecule has 2 atom stereocenters. The van der Waals surface area contributed by atoms with E-state index in [0.717, 1.165) is 0 Å². The summed E-state index contributed by atoms with van der Waals surface area (Å²) in [5.74, 6) is -1.59. The monoisotopic (exact) mass is 290 g/mol. The zero-order valence-electron chi connectivity index (χ0n) is 11.9. The predicted molar refractivity (Wildman–Crippen MR) is 70.7 cm³/mol. The van der Waals surface area contributed by atoms with Gasteiger partial charge in [-0.1, -0.05) is 0 Å². The summed E-state index contributed by atoms with van der Waals surface area (Å²) in [5, 5.41) is 9.64. The van der Waals surface area contributed by atoms with Crippen molar-refractivity contribution >= 4 is 15.8 Å². The Hall–Kier alpha value is -0.620. The quantitative estimate of drug-likeness (QED) is 0.833. The number of sulfone groups is 1. The summed E-state index contributed by atoms with van der Waals surface area (Å²) in [7, 11) is -3.26. The van der Waals surface area contributed by atoms with Crippen molar-refractivity contribution in [1.82, 2.24) is 0 Å². The number of carboxylic acid groups (broad SMARTS) is 1. The molecule has 2 saturated heterocycles. The molecule has 2 aliphatic rings. The van der Waals surface area contributed by atoms with Crippen molar-refractivity contribution in [3.05, 3.63) is 0 Å². The normalized spacial score (nSPS) is 39.3. The molecular formula is C13H22O5S. The molecule has 0 aromatic heterocycles. The van der Waals surface area contributed by atoms with Crippen molar-refractivity contribution in [2.24, 2.45) is 11.3 Å². The van der Waals surface area contributed by atoms with Gasteiger partial charge in [0, 0.05) is 5.92 Å². The minimum atomic E-state index is -3.26. The van der Waals surface area contributed by atoms with E-state index in [1.54, 1.807) is 0 Å². The van der Waals surface area contributed by atoms with E-state index in [1.165, 1.54) is 0 Å². The number of carboxylic acids is 1. The molecule has 2 heterocycles. The summed E-state index contributed by atoms with van der Waals surface area (Å²) < 4.78 is 29.5. The van der Waals surface area contributed by atoms with Gasteiger partial charge in [-0.05, 0) is 40.5 Å². The highest BCUT2D eigenvalue weighted by Gasteiger charge is 2.62. The predicted octanol–water partition coefficient (Wildman–Crippen LogP) is 1.47. The van der Waals surface area contributed by atoms with E-state index in [-0.39, 0.29) is 23.8 Å². The van der Waals surface area contributed by atoms with Crippen LogP contribution in [0.4, 0.5) is 0 Å². The van der Waals surface area contributed by atoms with Crippen LogP contribution in [0, 0.1) is 11.3 Å². The Bertz CT molecular complexity index is 505. The van der Waals surface area contributed by atoms with E-state index >= 15 is 0 Å². The molecule has 2 unspecified atom stereocenters. The van der Waals surface area contributed by atoms with Crippen molar-refractivity contribution in [3.63, 3.8) is 0 Å². The minimum absolute atomic E-state index is 0.0354. The summed E-state index contributed by atoms with van der Waals surface area (Å²) in [6.45, 7) is 7.57. The van der Waals surface area contributed by atoms with Gasteiger partial charge in [0.2, 0.25) is 0 Å². The molecule has 19 heavy (non-hydrogen) atoms. The number of ether oxygens (including phenoxy) is 1. The lowest BCUT2D eigenvalue weighted by molar-refractivity contribution is -0.156. The molecule has 0 spiro atoms. The molecule has 0 aromatic rings. The van der Waals surface area contributed by atoms with Crippen LogP contribution in [0.2, 0.25) is 0 Å². The van der Waals surface area contributed by atoms with Gasteiger partial charge >= 0.3 is 5.97 Å². The molecule has 6 heteroatoms. The van der Waals surface area contributed by atoms with Crippen LogP contribution in [0.3, 0.4) is 0 Å². The lowest BCUT2D eigenvalue weighted by Gasteiger charge is -2.37. The van der Waals surface area contributed by atoms with Crippen molar-refractivity contribution in [2.45, 2.75) is 51.7 Å². The van der Waals surface area contributed by atoms with E-state index in [1.807, 2.05) is 27.7 Å². The topological polar surface area (TPSA) is 80.7 Å². The summed E-state index contributed by atoms with van der Waals surface area (Å²) >= 11 is 0. The minimum Gasteiger partial charge on any atom is -0.481 e. The maximum atomic E-state index is 11.8. The lowest BCUT2D eigenvalue weighted by Crippen LogP contribution is -2.47. The Morgan fingerprint density at radius 2 is 1.84 bits per heavy atom. The van der Waals surface area contributed by atoms with Gasteiger partial charge in [-0.25, -0.2) is 8.42 Å². The second kappa shape index (κ2) is 3.95. The van der Waals surface area contributed by atoms with Crippen molar-refractivity contribution in [1.29, 1.82) is 0 Å². The standard InChI is InChI=1S/C13H22O5S/c1-11(2)7-9(12(3,4)18-11)13(10(14)15)5-6-19(16,17)8-13/h9H,5-8H2,1-4H3,(H,14,15). The lowest BCUT2D eigenvalue weighted by atomic mass is 9.66. The summed E-state index contributed by atoms with van der Waals surface area (Å²) in [4.78, 5) is 11.8. The Morgan fingerprint density at radius 1 is 1.26 bits per heavy atom. The van der Waals surface area contributed by atoms with Crippen molar-refractivity contribution < 1.29 is 23.1 Å². The highest BCUT2D eigenvalue weighted by atomic mass is 32.2. The second-order valence-electron chi connectivity index (χ2n) is 7.03. The molecule has 1 N–H and O–H groups in total. The van der Waals surface area contributed by atoms with Crippen LogP contribution in [0.5, 0.6) is 0 Å². The van der Waals surface area contributed by atoms with Gasteiger partial charge in [0.1, 0.15) is 0 Å². The average molecular weight is 290 g/mol. The van der Waals surface area contributed by atoms with E-state index < -0.39 is 32.4 Å². The summed E-state index contributed by atoms with van der Waals surface area (Å²) in [6.07, 6.45) is 0.764. The SMILES string of the molecule is CC1(C)CC(C2(C(=O)O)CCS(=O)(=O)C2)C(C)(C)O1. The molecule has 0 bridgehead atoms. The first-order chi connectivity index (χ1) is 8.40. The van der Waals surface area contributed by atoms with Gasteiger partial charge in [-0.3, -0.25) is 4.79 Å². The Kier molecular flexibility index (Phi) is 3.07. The van der Waals surface area contributed by atoms with Gasteiger partial charge < -0.3 is 9.84 Å². The highest BCUT2D eigenvalue weighted by Crippen LogP contribution is 2.54. The largest absolute Gasteiger partial charge is 0.481 e. The van der Waals surface area contributed by atoms with E-state index in [9.17, 15) is 18.3 Å². The molecule has 0 aliphatic carbocycles. The van der Waals surface area contributed by atoms with Crippen LogP contribution < -0.4 is 0 Å². The summed E-state index contributed by atoms with van der Waals surface area (Å²) in [5.41, 5.74) is -2.24. The number of carbonyl (C=O) groups is 1. The van der Waals surface area contributed by atoms with Gasteiger partial charge in [0.05, 0.1) is 28.1 Å². The second-order valence-corrected chi connectivity index (χ2v) is 9.21. The first kappa shape index (κ1) is 14.8. The Morgan fingerprint density at radius 3 is 2.16 bits per heavy atom. The van der Waals surface area contributed by atoms with Crippen LogP contribution in [-0.4, -0.2) is 42.2 Å². The summed E-state index contributed by atoms with van der Waals surface area (Å²) in [6, 6.07) is 0. The van der Waals surface area contributed by atoms with Crippen molar-refractivity contribution in [3.8, 4) is 0 Å². The molecule has 110 valence electrons. The van der Waals surface area contributed by atoms with E-state index in [4.69, 9.17) is 4.74 Å². The molecule has 0 radical (unpaired) electrons. The van der Waals surface area contributed by atoms with Crippen LogP contribution in [0.15, 0.2) is 0 Å². The third-order valence-electron chi connectivity index (χ3n) is 4.50. The van der Waals surface area contributed by atoms with Gasteiger partial charge in [0.15, 0.2) is 9.84 Å². The Labute approximate surface area is 114 Å². The van der Waals surface area contributed by atoms with Crippen LogP contribution >= 0.6 is 0 Å². The molecule has 5 nitrogen and oxygen atoms in total. The van der Waals surface area contributed by atoms with Gasteiger partial charge in [0.25, 0.3) is 0 Å². The number of aliphatic carboxylic acids is 1. The first-order valence-electron chi connectivity index (χ1n) is 6.54. The average Bonchev–Trinajstić information content (AvgIpc) is 2.60. The molecular weight excluding hydrogens is 268 g/mol. The van der Waals surface area contributed by atoms with Crippen LogP contribution in [0.25, 0.3) is 0 Å². The number of hydrogen-bond donors (Lipinski definition) is 1. The molecule has 0 saturated carbocycles. The molecule has 0 amide bonds. The highest BCUT2D eigenvalue weighted by molar-refractivity contribution is 7.91. The molecule has 2 fully saturated rings. The first-order valence-corrected chi connectivity index (χ1v) is 8.36. The fourth-order valence-corrected chi connectivity index (χ4v) is 5.96. The number of rotatable bonds is 2. The molecule has 2 aliphatic heterocycles. The van der Waals surface area contributed by atoms with Gasteiger partial charge in [-0.2, -0.15) is 0 Å². The van der Waals surface area contributed by atoms with Gasteiger partial charge in [-0.15, -0.1) is 0 Å². The number of hydrogen-bond acceptors (Lipinski definition) is 4. The van der Waals surface area contributed by atoms with E-state index in [2.05, 4.69) is 0 Å². The fraction of sp³-hybridized carbons (Fsp3) is 0.923. The zero-order valence-corrected chi connectivity index (χ0v) is 12.7. The Balaban J connectivity index is 2.45. The molecule has 2 rings (SSSR count). The van der Waals surface area contributed by atoms with Crippen molar-refractivity contribution in [2.75, 3.05) is 11.5 Å².